The van der Waals surface area contributed by atoms with Crippen LogP contribution in [0.3, 0.4) is 0 Å². The molecule has 0 atom stereocenters. The topological polar surface area (TPSA) is 56.8 Å². The van der Waals surface area contributed by atoms with E-state index in [-0.39, 0.29) is 6.29 Å². The summed E-state index contributed by atoms with van der Waals surface area (Å²) in [5.74, 6) is 0.486. The van der Waals surface area contributed by atoms with E-state index >= 15 is 0 Å². The maximum Gasteiger partial charge on any atom is 0.412 e. The second-order valence-corrected chi connectivity index (χ2v) is 3.96. The Labute approximate surface area is 106 Å². The lowest BCUT2D eigenvalue weighted by Gasteiger charge is -2.11. The van der Waals surface area contributed by atoms with Gasteiger partial charge >= 0.3 is 6.09 Å². The summed E-state index contributed by atoms with van der Waals surface area (Å²) < 4.78 is 15.9. The Morgan fingerprint density at radius 2 is 2.22 bits per heavy atom. The molecule has 1 fully saturated rings. The predicted molar refractivity (Wildman–Crippen MR) is 65.4 cm³/mol. The van der Waals surface area contributed by atoms with Crippen LogP contribution in [0.4, 0.5) is 4.79 Å². The van der Waals surface area contributed by atoms with E-state index in [1.165, 1.54) is 0 Å². The highest BCUT2D eigenvalue weighted by molar-refractivity contribution is 5.70. The summed E-state index contributed by atoms with van der Waals surface area (Å²) >= 11 is 0. The monoisotopic (exact) mass is 251 g/mol. The summed E-state index contributed by atoms with van der Waals surface area (Å²) in [6, 6.07) is 7.17. The van der Waals surface area contributed by atoms with Gasteiger partial charge in [-0.1, -0.05) is 19.1 Å². The number of benzene rings is 1. The van der Waals surface area contributed by atoms with Crippen molar-refractivity contribution in [2.45, 2.75) is 19.6 Å². The molecule has 5 heteroatoms. The predicted octanol–water partition coefficient (Wildman–Crippen LogP) is 2.23. The van der Waals surface area contributed by atoms with E-state index in [9.17, 15) is 4.79 Å². The molecule has 1 amide bonds. The van der Waals surface area contributed by atoms with E-state index < -0.39 is 6.09 Å². The Morgan fingerprint density at radius 3 is 2.94 bits per heavy atom. The van der Waals surface area contributed by atoms with Crippen LogP contribution < -0.4 is 10.1 Å². The normalized spacial score (nSPS) is 15.6. The number of rotatable bonds is 4. The number of hydrogen-bond acceptors (Lipinski definition) is 4. The highest BCUT2D eigenvalue weighted by atomic mass is 16.7. The quantitative estimate of drug-likeness (QED) is 0.891. The summed E-state index contributed by atoms with van der Waals surface area (Å²) in [5.41, 5.74) is 0.855. The standard InChI is InChI=1S/C13H17NO4/c1-2-6-14-13(15)18-11-5-3-4-10(9-11)12-16-7-8-17-12/h3-5,9,12H,2,6-8H2,1H3,(H,14,15). The number of nitrogens with one attached hydrogen (secondary N) is 1. The summed E-state index contributed by atoms with van der Waals surface area (Å²) in [6.07, 6.45) is 0.0772. The Hall–Kier alpha value is -1.59. The average Bonchev–Trinajstić information content (AvgIpc) is 2.90. The first kappa shape index (κ1) is 12.9. The third-order valence-electron chi connectivity index (χ3n) is 2.48. The molecule has 18 heavy (non-hydrogen) atoms. The number of carbonyl (C=O) groups excluding carboxylic acids is 1. The molecule has 1 aliphatic heterocycles. The third kappa shape index (κ3) is 3.45. The van der Waals surface area contributed by atoms with Crippen molar-refractivity contribution in [3.63, 3.8) is 0 Å². The summed E-state index contributed by atoms with van der Waals surface area (Å²) in [5, 5.41) is 2.65. The fourth-order valence-corrected chi connectivity index (χ4v) is 1.65. The number of carbonyl (C=O) groups is 1. The lowest BCUT2D eigenvalue weighted by molar-refractivity contribution is -0.0442. The van der Waals surface area contributed by atoms with Gasteiger partial charge in [0, 0.05) is 12.1 Å². The smallest absolute Gasteiger partial charge is 0.410 e. The minimum Gasteiger partial charge on any atom is -0.410 e. The maximum absolute atomic E-state index is 11.4. The highest BCUT2D eigenvalue weighted by Crippen LogP contribution is 2.26. The van der Waals surface area contributed by atoms with Crippen molar-refractivity contribution < 1.29 is 19.0 Å². The van der Waals surface area contributed by atoms with Crippen LogP contribution in [-0.2, 0) is 9.47 Å². The zero-order valence-electron chi connectivity index (χ0n) is 10.3. The lowest BCUT2D eigenvalue weighted by Crippen LogP contribution is -2.27. The third-order valence-corrected chi connectivity index (χ3v) is 2.48. The fourth-order valence-electron chi connectivity index (χ4n) is 1.65. The van der Waals surface area contributed by atoms with Gasteiger partial charge < -0.3 is 19.5 Å². The molecule has 98 valence electrons. The van der Waals surface area contributed by atoms with Crippen molar-refractivity contribution >= 4 is 6.09 Å². The summed E-state index contributed by atoms with van der Waals surface area (Å²) in [7, 11) is 0. The van der Waals surface area contributed by atoms with E-state index in [1.807, 2.05) is 19.1 Å². The van der Waals surface area contributed by atoms with E-state index in [0.717, 1.165) is 12.0 Å². The molecule has 1 aromatic rings. The first-order valence-electron chi connectivity index (χ1n) is 6.08. The minimum atomic E-state index is -0.442. The number of hydrogen-bond donors (Lipinski definition) is 1. The van der Waals surface area contributed by atoms with Crippen LogP contribution in [0.1, 0.15) is 25.2 Å². The van der Waals surface area contributed by atoms with Gasteiger partial charge in [-0.15, -0.1) is 0 Å². The first-order valence-corrected chi connectivity index (χ1v) is 6.08. The van der Waals surface area contributed by atoms with Crippen LogP contribution >= 0.6 is 0 Å². The molecule has 0 saturated carbocycles. The number of ether oxygens (including phenoxy) is 3. The molecule has 0 spiro atoms. The van der Waals surface area contributed by atoms with Crippen molar-refractivity contribution in [3.05, 3.63) is 29.8 Å². The molecule has 0 radical (unpaired) electrons. The van der Waals surface area contributed by atoms with E-state index in [4.69, 9.17) is 14.2 Å². The Bertz CT molecular complexity index is 402. The Morgan fingerprint density at radius 1 is 1.44 bits per heavy atom. The zero-order chi connectivity index (χ0) is 12.8. The second kappa shape index (κ2) is 6.37. The molecule has 1 saturated heterocycles. The average molecular weight is 251 g/mol. The molecule has 0 aromatic heterocycles. The van der Waals surface area contributed by atoms with Gasteiger partial charge in [-0.25, -0.2) is 4.79 Å². The van der Waals surface area contributed by atoms with Crippen molar-refractivity contribution in [3.8, 4) is 5.75 Å². The summed E-state index contributed by atoms with van der Waals surface area (Å²) in [4.78, 5) is 11.4. The molecule has 1 N–H and O–H groups in total. The molecule has 0 aliphatic carbocycles. The van der Waals surface area contributed by atoms with E-state index in [0.29, 0.717) is 25.5 Å². The van der Waals surface area contributed by atoms with Gasteiger partial charge in [0.05, 0.1) is 13.2 Å². The van der Waals surface area contributed by atoms with Gasteiger partial charge in [0.1, 0.15) is 5.75 Å². The molecule has 0 bridgehead atoms. The SMILES string of the molecule is CCCNC(=O)Oc1cccc(C2OCCO2)c1. The molecule has 5 nitrogen and oxygen atoms in total. The largest absolute Gasteiger partial charge is 0.412 e. The van der Waals surface area contributed by atoms with Gasteiger partial charge in [-0.3, -0.25) is 0 Å². The number of amides is 1. The van der Waals surface area contributed by atoms with E-state index in [2.05, 4.69) is 5.32 Å². The van der Waals surface area contributed by atoms with Crippen molar-refractivity contribution in [1.29, 1.82) is 0 Å². The van der Waals surface area contributed by atoms with Crippen LogP contribution in [0.5, 0.6) is 5.75 Å². The first-order chi connectivity index (χ1) is 8.79. The van der Waals surface area contributed by atoms with E-state index in [1.54, 1.807) is 12.1 Å². The lowest BCUT2D eigenvalue weighted by atomic mass is 10.2. The molecule has 2 rings (SSSR count). The van der Waals surface area contributed by atoms with Gasteiger partial charge in [0.25, 0.3) is 0 Å². The van der Waals surface area contributed by atoms with Crippen LogP contribution in [0.15, 0.2) is 24.3 Å². The van der Waals surface area contributed by atoms with Gasteiger partial charge in [-0.2, -0.15) is 0 Å². The highest BCUT2D eigenvalue weighted by Gasteiger charge is 2.18. The van der Waals surface area contributed by atoms with Crippen LogP contribution in [-0.4, -0.2) is 25.9 Å². The Balaban J connectivity index is 1.96. The second-order valence-electron chi connectivity index (χ2n) is 3.96. The zero-order valence-corrected chi connectivity index (χ0v) is 10.3. The van der Waals surface area contributed by atoms with Gasteiger partial charge in [0.15, 0.2) is 6.29 Å². The molecular weight excluding hydrogens is 234 g/mol. The van der Waals surface area contributed by atoms with Crippen LogP contribution in [0, 0.1) is 0 Å². The van der Waals surface area contributed by atoms with Crippen molar-refractivity contribution in [1.82, 2.24) is 5.32 Å². The minimum absolute atomic E-state index is 0.354. The van der Waals surface area contributed by atoms with Crippen LogP contribution in [0.25, 0.3) is 0 Å². The summed E-state index contributed by atoms with van der Waals surface area (Å²) in [6.45, 7) is 3.77. The Kier molecular flexibility index (Phi) is 4.55. The molecular formula is C13H17NO4. The van der Waals surface area contributed by atoms with Gasteiger partial charge in [-0.05, 0) is 18.6 Å². The molecule has 1 aromatic carbocycles. The maximum atomic E-state index is 11.4. The molecule has 1 aliphatic rings. The van der Waals surface area contributed by atoms with Gasteiger partial charge in [0.2, 0.25) is 0 Å². The van der Waals surface area contributed by atoms with Crippen LogP contribution in [0.2, 0.25) is 0 Å². The molecule has 0 unspecified atom stereocenters. The molecule has 1 heterocycles. The van der Waals surface area contributed by atoms with Crippen molar-refractivity contribution in [2.24, 2.45) is 0 Å². The fraction of sp³-hybridized carbons (Fsp3) is 0.462. The van der Waals surface area contributed by atoms with Crippen molar-refractivity contribution in [2.75, 3.05) is 19.8 Å².